The van der Waals surface area contributed by atoms with Gasteiger partial charge in [0, 0.05) is 18.1 Å². The summed E-state index contributed by atoms with van der Waals surface area (Å²) >= 11 is 0. The summed E-state index contributed by atoms with van der Waals surface area (Å²) in [6.45, 7) is 2.22. The van der Waals surface area contributed by atoms with Crippen molar-refractivity contribution in [1.82, 2.24) is 0 Å². The van der Waals surface area contributed by atoms with E-state index >= 15 is 0 Å². The zero-order valence-corrected chi connectivity index (χ0v) is 14.8. The van der Waals surface area contributed by atoms with Crippen LogP contribution >= 0.6 is 0 Å². The highest BCUT2D eigenvalue weighted by molar-refractivity contribution is 6.04. The fraction of sp³-hybridized carbons (Fsp3) is 0.412. The van der Waals surface area contributed by atoms with Crippen molar-refractivity contribution in [2.45, 2.75) is 19.8 Å². The maximum absolute atomic E-state index is 12.2. The first kappa shape index (κ1) is 20.9. The summed E-state index contributed by atoms with van der Waals surface area (Å²) in [5.41, 5.74) is -0.206. The number of nitrogens with zero attached hydrogens (tertiary/aromatic N) is 1. The van der Waals surface area contributed by atoms with E-state index in [1.54, 1.807) is 0 Å². The van der Waals surface area contributed by atoms with Crippen LogP contribution < -0.4 is 0 Å². The molecule has 1 rings (SSSR count). The molecule has 0 bridgehead atoms. The molecule has 0 saturated carbocycles. The van der Waals surface area contributed by atoms with Crippen LogP contribution in [-0.2, 0) is 28.7 Å². The highest BCUT2D eigenvalue weighted by atomic mass is 16.6. The number of ketones is 2. The minimum absolute atomic E-state index is 0.107. The van der Waals surface area contributed by atoms with Crippen LogP contribution in [0, 0.1) is 22.0 Å². The largest absolute Gasteiger partial charge is 0.468 e. The molecular weight excluding hydrogens is 346 g/mol. The third-order valence-electron chi connectivity index (χ3n) is 3.97. The molecule has 1 unspecified atom stereocenters. The minimum Gasteiger partial charge on any atom is -0.468 e. The summed E-state index contributed by atoms with van der Waals surface area (Å²) in [4.78, 5) is 59.0. The Kier molecular flexibility index (Phi) is 7.12. The van der Waals surface area contributed by atoms with E-state index in [2.05, 4.69) is 9.47 Å². The van der Waals surface area contributed by atoms with Crippen LogP contribution in [0.3, 0.4) is 0 Å². The van der Waals surface area contributed by atoms with E-state index in [0.717, 1.165) is 34.1 Å². The maximum Gasteiger partial charge on any atom is 0.316 e. The van der Waals surface area contributed by atoms with Crippen LogP contribution in [0.25, 0.3) is 0 Å². The monoisotopic (exact) mass is 365 g/mol. The molecule has 0 aromatic heterocycles. The smallest absolute Gasteiger partial charge is 0.316 e. The average Bonchev–Trinajstić information content (AvgIpc) is 2.59. The summed E-state index contributed by atoms with van der Waals surface area (Å²) in [6, 6.07) is 5.06. The molecule has 0 aliphatic rings. The van der Waals surface area contributed by atoms with E-state index in [4.69, 9.17) is 0 Å². The van der Waals surface area contributed by atoms with Crippen molar-refractivity contribution < 1.29 is 33.6 Å². The molecule has 1 aromatic carbocycles. The van der Waals surface area contributed by atoms with Gasteiger partial charge in [0.05, 0.1) is 19.1 Å². The quantitative estimate of drug-likeness (QED) is 0.293. The number of Topliss-reactive ketones (excluding diaryl/α,β-unsaturated/α-hetero) is 2. The van der Waals surface area contributed by atoms with Crippen molar-refractivity contribution in [3.63, 3.8) is 0 Å². The van der Waals surface area contributed by atoms with Crippen molar-refractivity contribution >= 4 is 29.2 Å². The molecule has 0 N–H and O–H groups in total. The number of ether oxygens (including phenoxy) is 2. The van der Waals surface area contributed by atoms with Crippen LogP contribution in [0.5, 0.6) is 0 Å². The number of carbonyl (C=O) groups excluding carboxylic acids is 4. The van der Waals surface area contributed by atoms with E-state index in [1.807, 2.05) is 0 Å². The van der Waals surface area contributed by atoms with Crippen LogP contribution in [0.2, 0.25) is 0 Å². The Labute approximate surface area is 149 Å². The summed E-state index contributed by atoms with van der Waals surface area (Å²) in [5, 5.41) is 11.1. The van der Waals surface area contributed by atoms with Gasteiger partial charge in [0.1, 0.15) is 23.4 Å². The van der Waals surface area contributed by atoms with Crippen LogP contribution in [0.1, 0.15) is 25.3 Å². The summed E-state index contributed by atoms with van der Waals surface area (Å²) in [6.07, 6.45) is 0. The zero-order chi connectivity index (χ0) is 20.0. The third kappa shape index (κ3) is 4.50. The number of hydrogen-bond acceptors (Lipinski definition) is 8. The van der Waals surface area contributed by atoms with E-state index in [9.17, 15) is 29.3 Å². The first-order valence-electron chi connectivity index (χ1n) is 7.56. The van der Waals surface area contributed by atoms with Crippen molar-refractivity contribution in [3.05, 3.63) is 39.9 Å². The molecule has 140 valence electrons. The lowest BCUT2D eigenvalue weighted by Crippen LogP contribution is -2.40. The van der Waals surface area contributed by atoms with Gasteiger partial charge in [-0.05, 0) is 19.4 Å². The first-order chi connectivity index (χ1) is 12.1. The van der Waals surface area contributed by atoms with E-state index in [1.165, 1.54) is 18.2 Å². The summed E-state index contributed by atoms with van der Waals surface area (Å²) in [7, 11) is 2.12. The second kappa shape index (κ2) is 8.84. The number of methoxy groups -OCH3 is 2. The van der Waals surface area contributed by atoms with Crippen molar-refractivity contribution in [2.75, 3.05) is 14.2 Å². The number of carbonyl (C=O) groups is 4. The Balaban J connectivity index is 3.70. The van der Waals surface area contributed by atoms with Crippen molar-refractivity contribution in [2.24, 2.45) is 11.8 Å². The number of rotatable bonds is 8. The SMILES string of the molecule is COC(=O)[C@@H](C(C)=O)C(c1cccc([N+](=O)[O-])c1)[C@@H](C(C)=O)C(=O)OC. The first-order valence-corrected chi connectivity index (χ1v) is 7.56. The fourth-order valence-corrected chi connectivity index (χ4v) is 2.81. The second-order valence-corrected chi connectivity index (χ2v) is 5.60. The number of nitro benzene ring substituents is 1. The molecule has 9 nitrogen and oxygen atoms in total. The highest BCUT2D eigenvalue weighted by Crippen LogP contribution is 2.36. The molecule has 9 heteroatoms. The highest BCUT2D eigenvalue weighted by Gasteiger charge is 2.45. The Bertz CT molecular complexity index is 708. The van der Waals surface area contributed by atoms with Gasteiger partial charge in [0.15, 0.2) is 0 Å². The lowest BCUT2D eigenvalue weighted by Gasteiger charge is -2.28. The molecule has 0 saturated heterocycles. The molecule has 0 aliphatic heterocycles. The maximum atomic E-state index is 12.2. The van der Waals surface area contributed by atoms with Gasteiger partial charge in [-0.1, -0.05) is 12.1 Å². The number of esters is 2. The number of nitro groups is 1. The minimum atomic E-state index is -1.50. The predicted octanol–water partition coefficient (Wildman–Crippen LogP) is 1.43. The molecule has 3 atom stereocenters. The lowest BCUT2D eigenvalue weighted by molar-refractivity contribution is -0.385. The molecule has 0 heterocycles. The standard InChI is InChI=1S/C17H19NO8/c1-9(19)13(16(21)25-3)15(14(10(2)20)17(22)26-4)11-6-5-7-12(8-11)18(23)24/h5-8,13-15H,1-4H3/t13-,14+,15?. The Hall–Kier alpha value is -3.10. The van der Waals surface area contributed by atoms with Crippen molar-refractivity contribution in [3.8, 4) is 0 Å². The van der Waals surface area contributed by atoms with E-state index < -0.39 is 46.2 Å². The van der Waals surface area contributed by atoms with Gasteiger partial charge in [-0.2, -0.15) is 0 Å². The number of benzene rings is 1. The molecule has 0 fully saturated rings. The van der Waals surface area contributed by atoms with Crippen LogP contribution in [-0.4, -0.2) is 42.6 Å². The number of hydrogen-bond donors (Lipinski definition) is 0. The van der Waals surface area contributed by atoms with Gasteiger partial charge in [0.2, 0.25) is 0 Å². The zero-order valence-electron chi connectivity index (χ0n) is 14.8. The van der Waals surface area contributed by atoms with Gasteiger partial charge in [-0.15, -0.1) is 0 Å². The Morgan fingerprint density at radius 3 is 1.77 bits per heavy atom. The van der Waals surface area contributed by atoms with Crippen LogP contribution in [0.15, 0.2) is 24.3 Å². The third-order valence-corrected chi connectivity index (χ3v) is 3.97. The Morgan fingerprint density at radius 1 is 0.962 bits per heavy atom. The molecular formula is C17H19NO8. The van der Waals surface area contributed by atoms with E-state index in [0.29, 0.717) is 0 Å². The topological polar surface area (TPSA) is 130 Å². The molecule has 0 amide bonds. The molecule has 0 radical (unpaired) electrons. The summed E-state index contributed by atoms with van der Waals surface area (Å²) in [5.74, 6) is -7.52. The molecule has 1 aromatic rings. The van der Waals surface area contributed by atoms with Gasteiger partial charge >= 0.3 is 11.9 Å². The van der Waals surface area contributed by atoms with E-state index in [-0.39, 0.29) is 11.3 Å². The van der Waals surface area contributed by atoms with Gasteiger partial charge in [-0.3, -0.25) is 29.3 Å². The number of non-ortho nitro benzene ring substituents is 1. The predicted molar refractivity (Wildman–Crippen MR) is 88.2 cm³/mol. The second-order valence-electron chi connectivity index (χ2n) is 5.60. The van der Waals surface area contributed by atoms with Gasteiger partial charge < -0.3 is 9.47 Å². The molecule has 0 aliphatic carbocycles. The van der Waals surface area contributed by atoms with Crippen molar-refractivity contribution in [1.29, 1.82) is 0 Å². The fourth-order valence-electron chi connectivity index (χ4n) is 2.81. The van der Waals surface area contributed by atoms with Gasteiger partial charge in [0.25, 0.3) is 5.69 Å². The average molecular weight is 365 g/mol. The molecule has 26 heavy (non-hydrogen) atoms. The molecule has 0 spiro atoms. The normalized spacial score (nSPS) is 13.8. The van der Waals surface area contributed by atoms with Crippen LogP contribution in [0.4, 0.5) is 5.69 Å². The van der Waals surface area contributed by atoms with Gasteiger partial charge in [-0.25, -0.2) is 0 Å². The Morgan fingerprint density at radius 2 is 1.42 bits per heavy atom. The lowest BCUT2D eigenvalue weighted by atomic mass is 9.73. The summed E-state index contributed by atoms with van der Waals surface area (Å²) < 4.78 is 9.28.